The number of rotatable bonds is 3. The molecule has 0 bridgehead atoms. The van der Waals surface area contributed by atoms with E-state index in [4.69, 9.17) is 0 Å². The number of hydrogen-bond donors (Lipinski definition) is 3. The Morgan fingerprint density at radius 1 is 1.23 bits per heavy atom. The fraction of sp³-hybridized carbons (Fsp3) is 0.125. The van der Waals surface area contributed by atoms with E-state index >= 15 is 0 Å². The Labute approximate surface area is 125 Å². The van der Waals surface area contributed by atoms with Crippen molar-refractivity contribution in [3.8, 4) is 5.75 Å². The molecule has 2 aromatic carbocycles. The third-order valence-electron chi connectivity index (χ3n) is 3.67. The van der Waals surface area contributed by atoms with Gasteiger partial charge in [0.05, 0.1) is 12.0 Å². The molecule has 0 unspecified atom stereocenters. The van der Waals surface area contributed by atoms with Crippen LogP contribution in [0, 0.1) is 5.82 Å². The highest BCUT2D eigenvalue weighted by Crippen LogP contribution is 2.39. The van der Waals surface area contributed by atoms with Crippen LogP contribution < -0.4 is 5.32 Å². The van der Waals surface area contributed by atoms with Crippen LogP contribution in [0.1, 0.15) is 22.3 Å². The number of fused-ring (bicyclic) bond motifs is 1. The van der Waals surface area contributed by atoms with Crippen molar-refractivity contribution in [2.75, 3.05) is 5.32 Å². The van der Waals surface area contributed by atoms with Crippen molar-refractivity contribution < 1.29 is 24.2 Å². The molecule has 3 rings (SSSR count). The molecule has 0 spiro atoms. The second kappa shape index (κ2) is 4.92. The minimum Gasteiger partial charge on any atom is -0.507 e. The highest BCUT2D eigenvalue weighted by molar-refractivity contribution is 6.09. The first kappa shape index (κ1) is 14.2. The van der Waals surface area contributed by atoms with Crippen molar-refractivity contribution in [2.24, 2.45) is 0 Å². The van der Waals surface area contributed by atoms with E-state index in [0.717, 1.165) is 12.1 Å². The van der Waals surface area contributed by atoms with Crippen molar-refractivity contribution in [1.82, 2.24) is 0 Å². The lowest BCUT2D eigenvalue weighted by molar-refractivity contribution is -0.133. The molecule has 112 valence electrons. The van der Waals surface area contributed by atoms with Gasteiger partial charge in [0.1, 0.15) is 11.6 Å². The van der Waals surface area contributed by atoms with Gasteiger partial charge >= 0.3 is 0 Å². The molecule has 1 amide bonds. The molecule has 0 aromatic heterocycles. The quantitative estimate of drug-likeness (QED) is 0.756. The van der Waals surface area contributed by atoms with E-state index in [-0.39, 0.29) is 22.6 Å². The van der Waals surface area contributed by atoms with Crippen LogP contribution in [0.3, 0.4) is 0 Å². The van der Waals surface area contributed by atoms with Gasteiger partial charge in [0, 0.05) is 11.3 Å². The van der Waals surface area contributed by atoms with Gasteiger partial charge in [0.25, 0.3) is 5.91 Å². The summed E-state index contributed by atoms with van der Waals surface area (Å²) < 4.78 is 13.4. The van der Waals surface area contributed by atoms with E-state index in [0.29, 0.717) is 0 Å². The first-order valence-electron chi connectivity index (χ1n) is 6.57. The first-order chi connectivity index (χ1) is 10.4. The van der Waals surface area contributed by atoms with Crippen molar-refractivity contribution in [2.45, 2.75) is 12.0 Å². The summed E-state index contributed by atoms with van der Waals surface area (Å²) in [6, 6.07) is 9.32. The number of carbonyl (C=O) groups excluding carboxylic acids is 2. The number of aliphatic hydroxyl groups is 1. The summed E-state index contributed by atoms with van der Waals surface area (Å²) in [5, 5.41) is 22.7. The zero-order chi connectivity index (χ0) is 15.9. The molecule has 1 aliphatic rings. The van der Waals surface area contributed by atoms with Crippen molar-refractivity contribution >= 4 is 17.4 Å². The van der Waals surface area contributed by atoms with E-state index < -0.39 is 29.5 Å². The maximum absolute atomic E-state index is 13.4. The number of phenolic OH excluding ortho intramolecular Hbond substituents is 1. The second-order valence-electron chi connectivity index (χ2n) is 5.12. The van der Waals surface area contributed by atoms with Gasteiger partial charge in [-0.2, -0.15) is 0 Å². The van der Waals surface area contributed by atoms with E-state index in [1.807, 2.05) is 0 Å². The molecule has 1 aliphatic heterocycles. The van der Waals surface area contributed by atoms with Gasteiger partial charge in [-0.3, -0.25) is 9.59 Å². The normalized spacial score (nSPS) is 19.6. The van der Waals surface area contributed by atoms with Gasteiger partial charge < -0.3 is 15.5 Å². The van der Waals surface area contributed by atoms with Crippen LogP contribution in [0.2, 0.25) is 0 Å². The van der Waals surface area contributed by atoms with Gasteiger partial charge in [-0.15, -0.1) is 0 Å². The Kier molecular flexibility index (Phi) is 3.18. The van der Waals surface area contributed by atoms with E-state index in [2.05, 4.69) is 5.32 Å². The number of amides is 1. The zero-order valence-corrected chi connectivity index (χ0v) is 11.3. The van der Waals surface area contributed by atoms with Gasteiger partial charge in [-0.05, 0) is 30.3 Å². The molecule has 0 fully saturated rings. The minimum absolute atomic E-state index is 0.00595. The molecule has 0 radical (unpaired) electrons. The standard InChI is InChI=1S/C16H12FNO4/c17-9-5-6-12-11(7-9)16(22,15(21)18-12)8-14(20)10-3-1-2-4-13(10)19/h1-7,19,22H,8H2,(H,18,21)/t16-/m1/s1. The lowest BCUT2D eigenvalue weighted by Crippen LogP contribution is -2.36. The number of aromatic hydroxyl groups is 1. The summed E-state index contributed by atoms with van der Waals surface area (Å²) in [4.78, 5) is 24.3. The molecular weight excluding hydrogens is 289 g/mol. The van der Waals surface area contributed by atoms with Gasteiger partial charge in [-0.25, -0.2) is 4.39 Å². The predicted molar refractivity (Wildman–Crippen MR) is 76.0 cm³/mol. The molecule has 6 heteroatoms. The molecule has 22 heavy (non-hydrogen) atoms. The Morgan fingerprint density at radius 3 is 2.68 bits per heavy atom. The van der Waals surface area contributed by atoms with Gasteiger partial charge in [0.2, 0.25) is 0 Å². The number of para-hydroxylation sites is 1. The molecule has 0 saturated carbocycles. The molecule has 5 nitrogen and oxygen atoms in total. The Morgan fingerprint density at radius 2 is 1.95 bits per heavy atom. The highest BCUT2D eigenvalue weighted by Gasteiger charge is 2.47. The number of carbonyl (C=O) groups is 2. The average Bonchev–Trinajstić information content (AvgIpc) is 2.71. The third kappa shape index (κ3) is 2.14. The smallest absolute Gasteiger partial charge is 0.261 e. The summed E-state index contributed by atoms with van der Waals surface area (Å²) in [6.07, 6.45) is -0.590. The Balaban J connectivity index is 1.98. The molecule has 3 N–H and O–H groups in total. The van der Waals surface area contributed by atoms with E-state index in [9.17, 15) is 24.2 Å². The fourth-order valence-electron chi connectivity index (χ4n) is 2.53. The monoisotopic (exact) mass is 301 g/mol. The maximum atomic E-state index is 13.4. The molecule has 2 aromatic rings. The lowest BCUT2D eigenvalue weighted by Gasteiger charge is -2.20. The number of halogens is 1. The molecular formula is C16H12FNO4. The number of nitrogens with one attached hydrogen (secondary N) is 1. The predicted octanol–water partition coefficient (Wildman–Crippen LogP) is 1.94. The van der Waals surface area contributed by atoms with Crippen LogP contribution >= 0.6 is 0 Å². The molecule has 1 heterocycles. The molecule has 0 aliphatic carbocycles. The van der Waals surface area contributed by atoms with Crippen molar-refractivity contribution in [3.05, 3.63) is 59.4 Å². The number of anilines is 1. The maximum Gasteiger partial charge on any atom is 0.261 e. The summed E-state index contributed by atoms with van der Waals surface area (Å²) in [7, 11) is 0. The third-order valence-corrected chi connectivity index (χ3v) is 3.67. The number of Topliss-reactive ketones (excluding diaryl/α,β-unsaturated/α-hetero) is 1. The summed E-state index contributed by atoms with van der Waals surface area (Å²) in [5.41, 5.74) is -1.88. The number of phenols is 1. The summed E-state index contributed by atoms with van der Waals surface area (Å²) in [5.74, 6) is -2.28. The van der Waals surface area contributed by atoms with Crippen LogP contribution in [0.4, 0.5) is 10.1 Å². The molecule has 1 atom stereocenters. The fourth-order valence-corrected chi connectivity index (χ4v) is 2.53. The second-order valence-corrected chi connectivity index (χ2v) is 5.12. The summed E-state index contributed by atoms with van der Waals surface area (Å²) in [6.45, 7) is 0. The van der Waals surface area contributed by atoms with E-state index in [1.54, 1.807) is 12.1 Å². The summed E-state index contributed by atoms with van der Waals surface area (Å²) >= 11 is 0. The topological polar surface area (TPSA) is 86.6 Å². The Bertz CT molecular complexity index is 789. The van der Waals surface area contributed by atoms with Gasteiger partial charge in [-0.1, -0.05) is 12.1 Å². The SMILES string of the molecule is O=C(C[C@]1(O)C(=O)Nc2ccc(F)cc21)c1ccccc1O. The largest absolute Gasteiger partial charge is 0.507 e. The average molecular weight is 301 g/mol. The minimum atomic E-state index is -2.16. The van der Waals surface area contributed by atoms with Crippen LogP contribution in [0.5, 0.6) is 5.75 Å². The highest BCUT2D eigenvalue weighted by atomic mass is 19.1. The van der Waals surface area contributed by atoms with E-state index in [1.165, 1.54) is 18.2 Å². The lowest BCUT2D eigenvalue weighted by atomic mass is 9.88. The Hall–Kier alpha value is -2.73. The number of benzene rings is 2. The molecule has 0 saturated heterocycles. The van der Waals surface area contributed by atoms with Crippen LogP contribution in [0.25, 0.3) is 0 Å². The van der Waals surface area contributed by atoms with Crippen molar-refractivity contribution in [3.63, 3.8) is 0 Å². The van der Waals surface area contributed by atoms with Gasteiger partial charge in [0.15, 0.2) is 11.4 Å². The number of ketones is 1. The zero-order valence-electron chi connectivity index (χ0n) is 11.3. The number of hydrogen-bond acceptors (Lipinski definition) is 4. The van der Waals surface area contributed by atoms with Crippen LogP contribution in [0.15, 0.2) is 42.5 Å². The van der Waals surface area contributed by atoms with Crippen molar-refractivity contribution in [1.29, 1.82) is 0 Å². The first-order valence-corrected chi connectivity index (χ1v) is 6.57. The van der Waals surface area contributed by atoms with Crippen LogP contribution in [-0.2, 0) is 10.4 Å². The van der Waals surface area contributed by atoms with Crippen LogP contribution in [-0.4, -0.2) is 21.9 Å².